The van der Waals surface area contributed by atoms with E-state index in [9.17, 15) is 18.0 Å². The Bertz CT molecular complexity index is 979. The van der Waals surface area contributed by atoms with E-state index in [1.807, 2.05) is 17.3 Å². The van der Waals surface area contributed by atoms with Crippen LogP contribution in [0.15, 0.2) is 24.7 Å². The van der Waals surface area contributed by atoms with Gasteiger partial charge in [-0.25, -0.2) is 15.0 Å². The third-order valence-electron chi connectivity index (χ3n) is 6.24. The Morgan fingerprint density at radius 2 is 1.79 bits per heavy atom. The van der Waals surface area contributed by atoms with Crippen molar-refractivity contribution < 1.29 is 18.0 Å². The number of pyridine rings is 1. The minimum atomic E-state index is -4.52. The molecule has 1 N–H and O–H groups in total. The summed E-state index contributed by atoms with van der Waals surface area (Å²) in [7, 11) is 0. The van der Waals surface area contributed by atoms with Gasteiger partial charge in [0.25, 0.3) is 0 Å². The molecule has 2 aromatic rings. The second kappa shape index (κ2) is 9.70. The highest BCUT2D eigenvalue weighted by molar-refractivity contribution is 6.33. The zero-order valence-corrected chi connectivity index (χ0v) is 19.0. The average molecular weight is 483 g/mol. The third-order valence-corrected chi connectivity index (χ3v) is 6.53. The molecule has 11 heteroatoms. The minimum absolute atomic E-state index is 0.0685. The van der Waals surface area contributed by atoms with Gasteiger partial charge in [-0.05, 0) is 43.7 Å². The van der Waals surface area contributed by atoms with E-state index >= 15 is 0 Å². The van der Waals surface area contributed by atoms with Crippen LogP contribution in [0.4, 0.5) is 24.9 Å². The van der Waals surface area contributed by atoms with Crippen LogP contribution in [0.25, 0.3) is 0 Å². The fourth-order valence-electron chi connectivity index (χ4n) is 4.33. The van der Waals surface area contributed by atoms with Gasteiger partial charge in [0.2, 0.25) is 11.9 Å². The number of piperidine rings is 2. The Kier molecular flexibility index (Phi) is 6.92. The molecule has 2 saturated heterocycles. The first-order chi connectivity index (χ1) is 15.8. The number of aryl methyl sites for hydroxylation is 1. The molecule has 0 saturated carbocycles. The summed E-state index contributed by atoms with van der Waals surface area (Å²) in [5.41, 5.74) is 0.170. The van der Waals surface area contributed by atoms with E-state index in [-0.39, 0.29) is 22.8 Å². The fraction of sp³-hybridized carbons (Fsp3) is 0.545. The first kappa shape index (κ1) is 23.5. The number of hydrogen-bond acceptors (Lipinski definition) is 6. The van der Waals surface area contributed by atoms with Crippen LogP contribution in [0, 0.1) is 0 Å². The molecule has 0 aliphatic carbocycles. The molecule has 1 atom stereocenters. The summed E-state index contributed by atoms with van der Waals surface area (Å²) in [6.45, 7) is 4.23. The molecule has 0 unspecified atom stereocenters. The molecule has 0 bridgehead atoms. The van der Waals surface area contributed by atoms with E-state index in [4.69, 9.17) is 11.6 Å². The molecule has 33 heavy (non-hydrogen) atoms. The van der Waals surface area contributed by atoms with E-state index in [0.29, 0.717) is 18.9 Å². The molecule has 2 fully saturated rings. The second-order valence-electron chi connectivity index (χ2n) is 8.39. The van der Waals surface area contributed by atoms with Crippen LogP contribution < -0.4 is 10.2 Å². The van der Waals surface area contributed by atoms with E-state index in [1.54, 1.807) is 0 Å². The van der Waals surface area contributed by atoms with Crippen LogP contribution >= 0.6 is 11.6 Å². The summed E-state index contributed by atoms with van der Waals surface area (Å²) < 4.78 is 38.6. The Morgan fingerprint density at radius 3 is 2.39 bits per heavy atom. The van der Waals surface area contributed by atoms with Gasteiger partial charge in [0.05, 0.1) is 10.6 Å². The van der Waals surface area contributed by atoms with Crippen molar-refractivity contribution in [2.45, 2.75) is 57.3 Å². The maximum atomic E-state index is 13.2. The summed E-state index contributed by atoms with van der Waals surface area (Å²) >= 11 is 6.01. The highest BCUT2D eigenvalue weighted by atomic mass is 35.5. The van der Waals surface area contributed by atoms with Crippen LogP contribution in [0.1, 0.15) is 43.7 Å². The zero-order chi connectivity index (χ0) is 23.6. The van der Waals surface area contributed by atoms with Crippen molar-refractivity contribution in [2.24, 2.45) is 0 Å². The fourth-order valence-corrected chi connectivity index (χ4v) is 4.55. The van der Waals surface area contributed by atoms with Crippen molar-refractivity contribution >= 4 is 29.3 Å². The maximum Gasteiger partial charge on any atom is 0.417 e. The Hall–Kier alpha value is -2.62. The van der Waals surface area contributed by atoms with Gasteiger partial charge in [0.15, 0.2) is 0 Å². The maximum absolute atomic E-state index is 13.2. The van der Waals surface area contributed by atoms with Crippen molar-refractivity contribution in [1.29, 1.82) is 0 Å². The highest BCUT2D eigenvalue weighted by Crippen LogP contribution is 2.33. The molecule has 7 nitrogen and oxygen atoms in total. The second-order valence-corrected chi connectivity index (χ2v) is 8.79. The lowest BCUT2D eigenvalue weighted by molar-refractivity contribution is -0.138. The molecule has 0 radical (unpaired) electrons. The smallest absolute Gasteiger partial charge is 0.357 e. The summed E-state index contributed by atoms with van der Waals surface area (Å²) in [5, 5.41) is 2.80. The molecule has 178 valence electrons. The minimum Gasteiger partial charge on any atom is -0.357 e. The molecule has 2 aliphatic heterocycles. The number of anilines is 2. The van der Waals surface area contributed by atoms with Gasteiger partial charge in [0.1, 0.15) is 11.9 Å². The lowest BCUT2D eigenvalue weighted by atomic mass is 9.97. The lowest BCUT2D eigenvalue weighted by Gasteiger charge is -2.42. The van der Waals surface area contributed by atoms with E-state index in [2.05, 4.69) is 32.1 Å². The molecular weight excluding hydrogens is 457 g/mol. The van der Waals surface area contributed by atoms with Crippen molar-refractivity contribution in [2.75, 3.05) is 29.9 Å². The highest BCUT2D eigenvalue weighted by Gasteiger charge is 2.36. The summed E-state index contributed by atoms with van der Waals surface area (Å²) in [4.78, 5) is 29.9. The average Bonchev–Trinajstić information content (AvgIpc) is 2.81. The molecule has 4 heterocycles. The van der Waals surface area contributed by atoms with Crippen LogP contribution in [0.3, 0.4) is 0 Å². The van der Waals surface area contributed by atoms with E-state index in [0.717, 1.165) is 56.6 Å². The molecule has 1 amide bonds. The Labute approximate surface area is 195 Å². The quantitative estimate of drug-likeness (QED) is 0.689. The molecule has 0 spiro atoms. The van der Waals surface area contributed by atoms with Crippen LogP contribution in [-0.4, -0.2) is 57.5 Å². The number of hydrogen-bond donors (Lipinski definition) is 1. The Morgan fingerprint density at radius 1 is 1.09 bits per heavy atom. The molecule has 2 aliphatic rings. The predicted octanol–water partition coefficient (Wildman–Crippen LogP) is 4.18. The van der Waals surface area contributed by atoms with Gasteiger partial charge >= 0.3 is 6.18 Å². The van der Waals surface area contributed by atoms with Crippen molar-refractivity contribution in [1.82, 2.24) is 19.9 Å². The number of nitrogens with zero attached hydrogens (tertiary/aromatic N) is 5. The number of aromatic nitrogens is 3. The summed E-state index contributed by atoms with van der Waals surface area (Å²) in [6.07, 6.45) is 3.76. The number of likely N-dealkylation sites (tertiary alicyclic amines) is 1. The number of halogens is 4. The van der Waals surface area contributed by atoms with Crippen LogP contribution in [-0.2, 0) is 17.4 Å². The standard InChI is InChI=1S/C22H26ClF3N6O/c1-2-14-11-28-21(29-12-14)31-8-5-16(6-9-31)32-7-3-4-18(20(32)33)30-19-17(23)10-15(13-27-19)22(24,25)26/h10-13,16,18H,2-9H2,1H3,(H,27,30)/t18-/m0/s1. The predicted molar refractivity (Wildman–Crippen MR) is 119 cm³/mol. The number of alkyl halides is 3. The van der Waals surface area contributed by atoms with Crippen molar-refractivity contribution in [3.8, 4) is 0 Å². The number of carbonyl (C=O) groups is 1. The van der Waals surface area contributed by atoms with Gasteiger partial charge in [0, 0.05) is 44.3 Å². The Balaban J connectivity index is 1.37. The number of carbonyl (C=O) groups excluding carboxylic acids is 1. The first-order valence-electron chi connectivity index (χ1n) is 11.1. The number of amides is 1. The topological polar surface area (TPSA) is 74.2 Å². The number of rotatable bonds is 5. The molecule has 0 aromatic carbocycles. The van der Waals surface area contributed by atoms with E-state index in [1.165, 1.54) is 0 Å². The van der Waals surface area contributed by atoms with E-state index < -0.39 is 17.8 Å². The van der Waals surface area contributed by atoms with Crippen LogP contribution in [0.5, 0.6) is 0 Å². The molecule has 2 aromatic heterocycles. The third kappa shape index (κ3) is 5.31. The first-order valence-corrected chi connectivity index (χ1v) is 11.5. The summed E-state index contributed by atoms with van der Waals surface area (Å²) in [5.74, 6) is 0.728. The van der Waals surface area contributed by atoms with Crippen molar-refractivity contribution in [3.05, 3.63) is 40.8 Å². The molecular formula is C22H26ClF3N6O. The van der Waals surface area contributed by atoms with Gasteiger partial charge in [-0.2, -0.15) is 13.2 Å². The van der Waals surface area contributed by atoms with Gasteiger partial charge in [-0.1, -0.05) is 18.5 Å². The van der Waals surface area contributed by atoms with Crippen LogP contribution in [0.2, 0.25) is 5.02 Å². The SMILES string of the molecule is CCc1cnc(N2CCC(N3CCC[C@H](Nc4ncc(C(F)(F)F)cc4Cl)C3=O)CC2)nc1. The number of nitrogens with one attached hydrogen (secondary N) is 1. The monoisotopic (exact) mass is 482 g/mol. The largest absolute Gasteiger partial charge is 0.417 e. The van der Waals surface area contributed by atoms with Crippen molar-refractivity contribution in [3.63, 3.8) is 0 Å². The zero-order valence-electron chi connectivity index (χ0n) is 18.3. The summed E-state index contributed by atoms with van der Waals surface area (Å²) in [6, 6.07) is 0.361. The lowest BCUT2D eigenvalue weighted by Crippen LogP contribution is -2.54. The van der Waals surface area contributed by atoms with Gasteiger partial charge in [-0.3, -0.25) is 4.79 Å². The normalized spacial score (nSPS) is 20.3. The molecule has 4 rings (SSSR count). The van der Waals surface area contributed by atoms with Gasteiger partial charge < -0.3 is 15.1 Å². The van der Waals surface area contributed by atoms with Gasteiger partial charge in [-0.15, -0.1) is 0 Å².